The number of aryl methyl sites for hydroxylation is 1. The van der Waals surface area contributed by atoms with Crippen LogP contribution in [-0.4, -0.2) is 16.7 Å². The number of carbonyl (C=O) groups is 2. The lowest BCUT2D eigenvalue weighted by atomic mass is 10.0. The van der Waals surface area contributed by atoms with Gasteiger partial charge in [0.05, 0.1) is 21.1 Å². The Morgan fingerprint density at radius 1 is 1.26 bits per heavy atom. The van der Waals surface area contributed by atoms with Crippen molar-refractivity contribution in [1.29, 1.82) is 0 Å². The third-order valence-electron chi connectivity index (χ3n) is 4.10. The maximum absolute atomic E-state index is 12.6. The molecule has 0 fully saturated rings. The Hall–Kier alpha value is -2.53. The molecule has 114 valence electrons. The van der Waals surface area contributed by atoms with E-state index in [1.165, 1.54) is 0 Å². The van der Waals surface area contributed by atoms with E-state index in [0.29, 0.717) is 11.3 Å². The number of amides is 1. The Morgan fingerprint density at radius 2 is 2.09 bits per heavy atom. The third kappa shape index (κ3) is 2.43. The van der Waals surface area contributed by atoms with Crippen molar-refractivity contribution in [3.8, 4) is 0 Å². The molecule has 0 unspecified atom stereocenters. The molecule has 0 radical (unpaired) electrons. The third-order valence-corrected chi connectivity index (χ3v) is 5.06. The Morgan fingerprint density at radius 3 is 2.96 bits per heavy atom. The molecule has 4 rings (SSSR count). The van der Waals surface area contributed by atoms with Crippen molar-refractivity contribution in [2.24, 2.45) is 0 Å². The predicted molar refractivity (Wildman–Crippen MR) is 91.1 cm³/mol. The second-order valence-electron chi connectivity index (χ2n) is 5.67. The number of nitrogens with zero attached hydrogens (tertiary/aromatic N) is 1. The summed E-state index contributed by atoms with van der Waals surface area (Å²) in [7, 11) is 0. The lowest BCUT2D eigenvalue weighted by Crippen LogP contribution is -2.19. The zero-order chi connectivity index (χ0) is 16.0. The molecule has 1 aliphatic carbocycles. The quantitative estimate of drug-likeness (QED) is 0.778. The van der Waals surface area contributed by atoms with Crippen molar-refractivity contribution in [2.75, 3.05) is 5.32 Å². The van der Waals surface area contributed by atoms with E-state index < -0.39 is 5.92 Å². The molecule has 0 saturated carbocycles. The number of carbonyl (C=O) groups excluding carboxylic acids is 2. The van der Waals surface area contributed by atoms with Crippen LogP contribution in [0.4, 0.5) is 5.69 Å². The number of hydrogen-bond acceptors (Lipinski definition) is 4. The molecular weight excluding hydrogens is 308 g/mol. The van der Waals surface area contributed by atoms with Crippen LogP contribution in [-0.2, 0) is 4.79 Å². The molecule has 5 heteroatoms. The lowest BCUT2D eigenvalue weighted by Gasteiger charge is -2.11. The highest BCUT2D eigenvalue weighted by molar-refractivity contribution is 7.18. The van der Waals surface area contributed by atoms with Gasteiger partial charge in [-0.15, -0.1) is 11.3 Å². The molecule has 1 aromatic heterocycles. The van der Waals surface area contributed by atoms with Gasteiger partial charge >= 0.3 is 0 Å². The van der Waals surface area contributed by atoms with Crippen LogP contribution in [0.5, 0.6) is 0 Å². The number of thiazole rings is 1. The van der Waals surface area contributed by atoms with Gasteiger partial charge in [0, 0.05) is 17.7 Å². The Bertz CT molecular complexity index is 945. The number of anilines is 1. The van der Waals surface area contributed by atoms with Gasteiger partial charge in [0.15, 0.2) is 5.78 Å². The standard InChI is InChI=1S/C18H14N2O2S/c1-10-19-15-8-11(6-7-17(15)23-10)20-18(22)14-9-16(21)13-5-3-2-4-12(13)14/h2-8,14H,9H2,1H3,(H,20,22)/t14-/m1/s1. The summed E-state index contributed by atoms with van der Waals surface area (Å²) >= 11 is 1.63. The molecule has 0 spiro atoms. The van der Waals surface area contributed by atoms with Crippen LogP contribution in [0, 0.1) is 6.92 Å². The van der Waals surface area contributed by atoms with Crippen LogP contribution >= 0.6 is 11.3 Å². The van der Waals surface area contributed by atoms with E-state index in [4.69, 9.17) is 0 Å². The molecule has 3 aromatic rings. The molecule has 1 atom stereocenters. The van der Waals surface area contributed by atoms with Gasteiger partial charge in [0.1, 0.15) is 0 Å². The van der Waals surface area contributed by atoms with E-state index in [0.717, 1.165) is 20.8 Å². The summed E-state index contributed by atoms with van der Waals surface area (Å²) in [6.45, 7) is 1.96. The first-order valence-corrected chi connectivity index (χ1v) is 8.23. The lowest BCUT2D eigenvalue weighted by molar-refractivity contribution is -0.117. The SMILES string of the molecule is Cc1nc2cc(NC(=O)[C@@H]3CC(=O)c4ccccc43)ccc2s1. The van der Waals surface area contributed by atoms with Gasteiger partial charge < -0.3 is 5.32 Å². The number of aromatic nitrogens is 1. The summed E-state index contributed by atoms with van der Waals surface area (Å²) in [5.74, 6) is -0.521. The van der Waals surface area contributed by atoms with Gasteiger partial charge in [-0.25, -0.2) is 4.98 Å². The Kier molecular flexibility index (Phi) is 3.23. The second kappa shape index (κ2) is 5.28. The minimum Gasteiger partial charge on any atom is -0.325 e. The zero-order valence-electron chi connectivity index (χ0n) is 12.5. The highest BCUT2D eigenvalue weighted by atomic mass is 32.1. The number of nitrogens with one attached hydrogen (secondary N) is 1. The fourth-order valence-corrected chi connectivity index (χ4v) is 3.85. The van der Waals surface area contributed by atoms with Gasteiger partial charge in [0.2, 0.25) is 5.91 Å². The maximum Gasteiger partial charge on any atom is 0.232 e. The molecule has 1 aliphatic rings. The van der Waals surface area contributed by atoms with Crippen LogP contribution in [0.1, 0.15) is 33.3 Å². The van der Waals surface area contributed by atoms with Gasteiger partial charge in [-0.1, -0.05) is 24.3 Å². The highest BCUT2D eigenvalue weighted by Gasteiger charge is 2.33. The van der Waals surface area contributed by atoms with Gasteiger partial charge in [0.25, 0.3) is 0 Å². The normalized spacial score (nSPS) is 16.6. The maximum atomic E-state index is 12.6. The first-order chi connectivity index (χ1) is 11.1. The number of fused-ring (bicyclic) bond motifs is 2. The first-order valence-electron chi connectivity index (χ1n) is 7.42. The van der Waals surface area contributed by atoms with Crippen LogP contribution in [0.15, 0.2) is 42.5 Å². The molecule has 0 aliphatic heterocycles. The summed E-state index contributed by atoms with van der Waals surface area (Å²) in [5.41, 5.74) is 3.08. The molecule has 0 bridgehead atoms. The van der Waals surface area contributed by atoms with E-state index in [-0.39, 0.29) is 18.1 Å². The number of rotatable bonds is 2. The fraction of sp³-hybridized carbons (Fsp3) is 0.167. The van der Waals surface area contributed by atoms with Crippen molar-refractivity contribution >= 4 is 38.9 Å². The van der Waals surface area contributed by atoms with Crippen LogP contribution in [0.3, 0.4) is 0 Å². The van der Waals surface area contributed by atoms with Crippen molar-refractivity contribution in [2.45, 2.75) is 19.3 Å². The molecule has 2 aromatic carbocycles. The minimum atomic E-state index is -0.411. The first kappa shape index (κ1) is 14.1. The predicted octanol–water partition coefficient (Wildman–Crippen LogP) is 3.91. The van der Waals surface area contributed by atoms with Crippen molar-refractivity contribution in [3.63, 3.8) is 0 Å². The van der Waals surface area contributed by atoms with Crippen molar-refractivity contribution in [1.82, 2.24) is 4.98 Å². The molecule has 23 heavy (non-hydrogen) atoms. The largest absolute Gasteiger partial charge is 0.325 e. The van der Waals surface area contributed by atoms with Crippen LogP contribution in [0.25, 0.3) is 10.2 Å². The van der Waals surface area contributed by atoms with Crippen LogP contribution < -0.4 is 5.32 Å². The minimum absolute atomic E-state index is 0.0336. The van der Waals surface area contributed by atoms with Gasteiger partial charge in [-0.3, -0.25) is 9.59 Å². The summed E-state index contributed by atoms with van der Waals surface area (Å²) in [6.07, 6.45) is 0.239. The second-order valence-corrected chi connectivity index (χ2v) is 6.91. The molecule has 1 heterocycles. The van der Waals surface area contributed by atoms with Crippen molar-refractivity contribution < 1.29 is 9.59 Å². The smallest absolute Gasteiger partial charge is 0.232 e. The van der Waals surface area contributed by atoms with Gasteiger partial charge in [-0.05, 0) is 30.7 Å². The summed E-state index contributed by atoms with van der Waals surface area (Å²) in [6, 6.07) is 13.0. The van der Waals surface area contributed by atoms with E-state index >= 15 is 0 Å². The van der Waals surface area contributed by atoms with E-state index in [1.807, 2.05) is 43.3 Å². The topological polar surface area (TPSA) is 59.1 Å². The Balaban J connectivity index is 1.61. The average Bonchev–Trinajstić information content (AvgIpc) is 3.07. The number of hydrogen-bond donors (Lipinski definition) is 1. The molecule has 1 amide bonds. The number of Topliss-reactive ketones (excluding diaryl/α,β-unsaturated/α-hetero) is 1. The molecule has 4 nitrogen and oxygen atoms in total. The summed E-state index contributed by atoms with van der Waals surface area (Å²) in [4.78, 5) is 29.0. The highest BCUT2D eigenvalue weighted by Crippen LogP contribution is 2.34. The zero-order valence-corrected chi connectivity index (χ0v) is 13.3. The monoisotopic (exact) mass is 322 g/mol. The average molecular weight is 322 g/mol. The summed E-state index contributed by atoms with van der Waals surface area (Å²) in [5, 5.41) is 3.92. The van der Waals surface area contributed by atoms with E-state index in [2.05, 4.69) is 10.3 Å². The number of ketones is 1. The number of benzene rings is 2. The Labute approximate surface area is 137 Å². The van der Waals surface area contributed by atoms with E-state index in [1.54, 1.807) is 17.4 Å². The molecule has 0 saturated heterocycles. The molecular formula is C18H14N2O2S. The molecule has 1 N–H and O–H groups in total. The fourth-order valence-electron chi connectivity index (χ4n) is 3.04. The van der Waals surface area contributed by atoms with E-state index in [9.17, 15) is 9.59 Å². The van der Waals surface area contributed by atoms with Crippen molar-refractivity contribution in [3.05, 3.63) is 58.6 Å². The van der Waals surface area contributed by atoms with Gasteiger partial charge in [-0.2, -0.15) is 0 Å². The summed E-state index contributed by atoms with van der Waals surface area (Å²) < 4.78 is 1.10. The van der Waals surface area contributed by atoms with Crippen LogP contribution in [0.2, 0.25) is 0 Å².